The molecule has 0 unspecified atom stereocenters. The number of anilines is 1. The lowest BCUT2D eigenvalue weighted by Crippen LogP contribution is -2.26. The molecule has 29 heavy (non-hydrogen) atoms. The summed E-state index contributed by atoms with van der Waals surface area (Å²) in [7, 11) is 0. The third-order valence-corrected chi connectivity index (χ3v) is 4.86. The average Bonchev–Trinajstić information content (AvgIpc) is 3.05. The van der Waals surface area contributed by atoms with Crippen molar-refractivity contribution in [1.82, 2.24) is 15.3 Å². The van der Waals surface area contributed by atoms with Crippen molar-refractivity contribution in [2.75, 3.05) is 18.9 Å². The van der Waals surface area contributed by atoms with Crippen LogP contribution in [0.25, 0.3) is 11.1 Å². The Labute approximate surface area is 173 Å². The van der Waals surface area contributed by atoms with E-state index in [1.165, 1.54) is 28.5 Å². The second-order valence-electron chi connectivity index (χ2n) is 6.42. The number of amides is 1. The Balaban J connectivity index is 1.35. The highest BCUT2D eigenvalue weighted by Crippen LogP contribution is 2.44. The Bertz CT molecular complexity index is 1090. The molecule has 144 valence electrons. The molecule has 1 aliphatic rings. The summed E-state index contributed by atoms with van der Waals surface area (Å²) in [5.41, 5.74) is 10.9. The van der Waals surface area contributed by atoms with Crippen LogP contribution >= 0.6 is 11.6 Å². The Hall–Kier alpha value is -3.56. The van der Waals surface area contributed by atoms with Gasteiger partial charge in [0.1, 0.15) is 12.4 Å². The van der Waals surface area contributed by atoms with Crippen LogP contribution in [-0.2, 0) is 4.74 Å². The van der Waals surface area contributed by atoms with Crippen LogP contribution < -0.4 is 11.1 Å². The van der Waals surface area contributed by atoms with Crippen molar-refractivity contribution < 1.29 is 9.53 Å². The SMILES string of the molecule is Nc1nc(Cl)ncc1C#CCNC(=O)OCC1c2ccccc2-c2ccccc21. The minimum absolute atomic E-state index is 0.0187. The number of hydrogen-bond acceptors (Lipinski definition) is 5. The number of hydrogen-bond donors (Lipinski definition) is 2. The molecule has 0 spiro atoms. The predicted molar refractivity (Wildman–Crippen MR) is 111 cm³/mol. The zero-order valence-corrected chi connectivity index (χ0v) is 16.1. The topological polar surface area (TPSA) is 90.1 Å². The first-order chi connectivity index (χ1) is 14.1. The molecule has 1 aliphatic carbocycles. The summed E-state index contributed by atoms with van der Waals surface area (Å²) >= 11 is 5.65. The van der Waals surface area contributed by atoms with E-state index >= 15 is 0 Å². The Morgan fingerprint density at radius 2 is 1.79 bits per heavy atom. The Morgan fingerprint density at radius 1 is 1.14 bits per heavy atom. The van der Waals surface area contributed by atoms with Gasteiger partial charge in [0, 0.05) is 12.1 Å². The van der Waals surface area contributed by atoms with E-state index in [2.05, 4.69) is 51.4 Å². The lowest BCUT2D eigenvalue weighted by molar-refractivity contribution is 0.144. The van der Waals surface area contributed by atoms with E-state index in [1.54, 1.807) is 0 Å². The maximum Gasteiger partial charge on any atom is 0.407 e. The molecule has 3 aromatic rings. The highest BCUT2D eigenvalue weighted by Gasteiger charge is 2.28. The van der Waals surface area contributed by atoms with Crippen LogP contribution in [0.1, 0.15) is 22.6 Å². The third-order valence-electron chi connectivity index (χ3n) is 4.68. The standard InChI is InChI=1S/C22H17ClN4O2/c23-21-26-12-14(20(24)27-21)6-5-11-25-22(28)29-13-19-17-9-3-1-7-15(17)16-8-2-4-10-18(16)19/h1-4,7-10,12,19H,11,13H2,(H,25,28)(H2,24,26,27). The molecule has 3 N–H and O–H groups in total. The van der Waals surface area contributed by atoms with Crippen LogP contribution in [0.4, 0.5) is 10.6 Å². The summed E-state index contributed by atoms with van der Waals surface area (Å²) in [6.45, 7) is 0.365. The van der Waals surface area contributed by atoms with Gasteiger partial charge in [0.2, 0.25) is 5.28 Å². The lowest BCUT2D eigenvalue weighted by atomic mass is 9.98. The molecule has 0 radical (unpaired) electrons. The van der Waals surface area contributed by atoms with Crippen LogP contribution in [0, 0.1) is 11.8 Å². The van der Waals surface area contributed by atoms with Gasteiger partial charge in [0.15, 0.2) is 0 Å². The van der Waals surface area contributed by atoms with E-state index in [-0.39, 0.29) is 30.2 Å². The largest absolute Gasteiger partial charge is 0.449 e. The molecule has 1 aromatic heterocycles. The van der Waals surface area contributed by atoms with Gasteiger partial charge in [0.05, 0.1) is 12.1 Å². The maximum atomic E-state index is 12.1. The number of benzene rings is 2. The third kappa shape index (κ3) is 4.00. The average molecular weight is 405 g/mol. The molecule has 1 heterocycles. The molecule has 0 bridgehead atoms. The molecular formula is C22H17ClN4O2. The number of carbonyl (C=O) groups is 1. The molecule has 0 saturated heterocycles. The zero-order chi connectivity index (χ0) is 20.2. The Kier molecular flexibility index (Phi) is 5.32. The highest BCUT2D eigenvalue weighted by atomic mass is 35.5. The van der Waals surface area contributed by atoms with Gasteiger partial charge in [-0.05, 0) is 33.9 Å². The summed E-state index contributed by atoms with van der Waals surface area (Å²) in [6, 6.07) is 16.4. The van der Waals surface area contributed by atoms with Crippen molar-refractivity contribution in [3.8, 4) is 23.0 Å². The molecule has 1 amide bonds. The van der Waals surface area contributed by atoms with E-state index in [1.807, 2.05) is 24.3 Å². The van der Waals surface area contributed by atoms with Crippen molar-refractivity contribution in [2.24, 2.45) is 0 Å². The quantitative estimate of drug-likeness (QED) is 0.514. The maximum absolute atomic E-state index is 12.1. The van der Waals surface area contributed by atoms with Gasteiger partial charge in [-0.3, -0.25) is 0 Å². The summed E-state index contributed by atoms with van der Waals surface area (Å²) < 4.78 is 5.45. The van der Waals surface area contributed by atoms with E-state index in [9.17, 15) is 4.79 Å². The van der Waals surface area contributed by atoms with Gasteiger partial charge in [-0.25, -0.2) is 9.78 Å². The summed E-state index contributed by atoms with van der Waals surface area (Å²) in [6.07, 6.45) is 0.909. The second-order valence-corrected chi connectivity index (χ2v) is 6.76. The highest BCUT2D eigenvalue weighted by molar-refractivity contribution is 6.28. The molecule has 6 nitrogen and oxygen atoms in total. The fourth-order valence-electron chi connectivity index (χ4n) is 3.37. The summed E-state index contributed by atoms with van der Waals surface area (Å²) in [5, 5.41) is 2.67. The second kappa shape index (κ2) is 8.21. The van der Waals surface area contributed by atoms with Crippen molar-refractivity contribution in [3.05, 3.63) is 76.7 Å². The number of nitrogens with one attached hydrogen (secondary N) is 1. The number of alkyl carbamates (subject to hydrolysis) is 1. The van der Waals surface area contributed by atoms with Crippen LogP contribution in [-0.4, -0.2) is 29.2 Å². The number of nitrogen functional groups attached to an aromatic ring is 1. The molecule has 0 aliphatic heterocycles. The number of nitrogens with zero attached hydrogens (tertiary/aromatic N) is 2. The van der Waals surface area contributed by atoms with E-state index in [0.717, 1.165) is 0 Å². The van der Waals surface area contributed by atoms with E-state index in [4.69, 9.17) is 22.1 Å². The van der Waals surface area contributed by atoms with Crippen molar-refractivity contribution in [1.29, 1.82) is 0 Å². The van der Waals surface area contributed by atoms with Crippen LogP contribution in [0.2, 0.25) is 5.28 Å². The van der Waals surface area contributed by atoms with Gasteiger partial charge < -0.3 is 15.8 Å². The van der Waals surface area contributed by atoms with Crippen LogP contribution in [0.5, 0.6) is 0 Å². The van der Waals surface area contributed by atoms with Gasteiger partial charge >= 0.3 is 6.09 Å². The van der Waals surface area contributed by atoms with Crippen LogP contribution in [0.15, 0.2) is 54.7 Å². The molecular weight excluding hydrogens is 388 g/mol. The number of rotatable bonds is 3. The number of halogens is 1. The molecule has 4 rings (SSSR count). The van der Waals surface area contributed by atoms with Gasteiger partial charge in [-0.15, -0.1) is 0 Å². The number of aromatic nitrogens is 2. The summed E-state index contributed by atoms with van der Waals surface area (Å²) in [5.74, 6) is 5.79. The molecule has 2 aromatic carbocycles. The minimum atomic E-state index is -0.526. The number of ether oxygens (including phenoxy) is 1. The van der Waals surface area contributed by atoms with E-state index < -0.39 is 6.09 Å². The monoisotopic (exact) mass is 404 g/mol. The molecule has 7 heteroatoms. The van der Waals surface area contributed by atoms with E-state index in [0.29, 0.717) is 5.56 Å². The number of carbonyl (C=O) groups excluding carboxylic acids is 1. The zero-order valence-electron chi connectivity index (χ0n) is 15.4. The summed E-state index contributed by atoms with van der Waals surface area (Å²) in [4.78, 5) is 19.7. The normalized spacial score (nSPS) is 11.8. The molecule has 0 saturated carbocycles. The van der Waals surface area contributed by atoms with Gasteiger partial charge in [0.25, 0.3) is 0 Å². The Morgan fingerprint density at radius 3 is 2.45 bits per heavy atom. The van der Waals surface area contributed by atoms with Crippen molar-refractivity contribution >= 4 is 23.5 Å². The van der Waals surface area contributed by atoms with Gasteiger partial charge in [-0.2, -0.15) is 4.98 Å². The van der Waals surface area contributed by atoms with Crippen molar-refractivity contribution in [3.63, 3.8) is 0 Å². The van der Waals surface area contributed by atoms with Crippen molar-refractivity contribution in [2.45, 2.75) is 5.92 Å². The lowest BCUT2D eigenvalue weighted by Gasteiger charge is -2.14. The number of nitrogens with two attached hydrogens (primary N) is 1. The van der Waals surface area contributed by atoms with Gasteiger partial charge in [-0.1, -0.05) is 60.4 Å². The fraction of sp³-hybridized carbons (Fsp3) is 0.136. The fourth-order valence-corrected chi connectivity index (χ4v) is 3.51. The smallest absolute Gasteiger partial charge is 0.407 e. The number of fused-ring (bicyclic) bond motifs is 3. The molecule has 0 atom stereocenters. The molecule has 0 fully saturated rings. The predicted octanol–water partition coefficient (Wildman–Crippen LogP) is 3.60. The first-order valence-corrected chi connectivity index (χ1v) is 9.37. The van der Waals surface area contributed by atoms with Crippen LogP contribution in [0.3, 0.4) is 0 Å². The first kappa shape index (κ1) is 18.8. The minimum Gasteiger partial charge on any atom is -0.449 e. The first-order valence-electron chi connectivity index (χ1n) is 8.99.